The van der Waals surface area contributed by atoms with Crippen molar-refractivity contribution in [2.24, 2.45) is 11.8 Å². The van der Waals surface area contributed by atoms with Crippen molar-refractivity contribution in [3.05, 3.63) is 0 Å². The fourth-order valence-corrected chi connectivity index (χ4v) is 5.57. The number of likely N-dealkylation sites (tertiary alicyclic amines) is 1. The molecule has 8 heteroatoms. The Balaban J connectivity index is 2.05. The second kappa shape index (κ2) is 7.82. The van der Waals surface area contributed by atoms with Crippen molar-refractivity contribution < 1.29 is 23.1 Å². The molecule has 2 saturated heterocycles. The van der Waals surface area contributed by atoms with Gasteiger partial charge in [0.25, 0.3) is 0 Å². The molecule has 2 heterocycles. The van der Waals surface area contributed by atoms with Crippen molar-refractivity contribution in [1.82, 2.24) is 9.21 Å². The number of aliphatic carboxylic acids is 1. The molecule has 1 N–H and O–H groups in total. The largest absolute Gasteiger partial charge is 0.481 e. The van der Waals surface area contributed by atoms with E-state index >= 15 is 0 Å². The summed E-state index contributed by atoms with van der Waals surface area (Å²) in [7, 11) is -3.40. The van der Waals surface area contributed by atoms with Crippen LogP contribution < -0.4 is 0 Å². The molecule has 0 aromatic carbocycles. The fourth-order valence-electron chi connectivity index (χ4n) is 3.69. The Morgan fingerprint density at radius 1 is 1.21 bits per heavy atom. The van der Waals surface area contributed by atoms with Crippen molar-refractivity contribution in [3.8, 4) is 0 Å². The van der Waals surface area contributed by atoms with Crippen LogP contribution in [0, 0.1) is 11.8 Å². The van der Waals surface area contributed by atoms with Gasteiger partial charge in [0.2, 0.25) is 15.9 Å². The Labute approximate surface area is 144 Å². The van der Waals surface area contributed by atoms with Gasteiger partial charge in [-0.3, -0.25) is 9.59 Å². The molecule has 2 aliphatic heterocycles. The first-order chi connectivity index (χ1) is 11.3. The molecular formula is C16H28N2O5S. The molecule has 1 amide bonds. The molecule has 138 valence electrons. The van der Waals surface area contributed by atoms with Crippen molar-refractivity contribution in [2.45, 2.75) is 52.0 Å². The lowest BCUT2D eigenvalue weighted by molar-refractivity contribution is -0.149. The minimum absolute atomic E-state index is 0.0881. The average molecular weight is 360 g/mol. The molecule has 0 aromatic heterocycles. The van der Waals surface area contributed by atoms with Gasteiger partial charge in [0, 0.05) is 19.6 Å². The molecule has 0 bridgehead atoms. The van der Waals surface area contributed by atoms with Crippen LogP contribution in [-0.2, 0) is 19.6 Å². The van der Waals surface area contributed by atoms with Gasteiger partial charge in [0.1, 0.15) is 6.04 Å². The Kier molecular flexibility index (Phi) is 6.25. The van der Waals surface area contributed by atoms with Crippen molar-refractivity contribution in [1.29, 1.82) is 0 Å². The molecule has 0 aromatic rings. The highest BCUT2D eigenvalue weighted by Gasteiger charge is 2.42. The quantitative estimate of drug-likeness (QED) is 0.767. The maximum absolute atomic E-state index is 12.8. The third-order valence-electron chi connectivity index (χ3n) is 5.14. The lowest BCUT2D eigenvalue weighted by atomic mass is 9.87. The van der Waals surface area contributed by atoms with Crippen LogP contribution in [0.2, 0.25) is 0 Å². The molecule has 0 radical (unpaired) electrons. The predicted octanol–water partition coefficient (Wildman–Crippen LogP) is 1.15. The SMILES string of the molecule is CCCCS(=O)(=O)N1CCCC1C(=O)N1CCC(C(=O)O)C(C)C1. The minimum atomic E-state index is -3.40. The summed E-state index contributed by atoms with van der Waals surface area (Å²) in [6.07, 6.45) is 3.07. The molecule has 2 fully saturated rings. The summed E-state index contributed by atoms with van der Waals surface area (Å²) in [5.41, 5.74) is 0. The Morgan fingerprint density at radius 2 is 1.92 bits per heavy atom. The number of sulfonamides is 1. The Bertz CT molecular complexity index is 577. The van der Waals surface area contributed by atoms with Gasteiger partial charge < -0.3 is 10.0 Å². The van der Waals surface area contributed by atoms with Crippen LogP contribution in [0.1, 0.15) is 46.0 Å². The number of carbonyl (C=O) groups excluding carboxylic acids is 1. The Hall–Kier alpha value is -1.15. The van der Waals surface area contributed by atoms with E-state index < -0.39 is 28.0 Å². The zero-order valence-electron chi connectivity index (χ0n) is 14.5. The molecule has 2 rings (SSSR count). The second-order valence-electron chi connectivity index (χ2n) is 6.93. The summed E-state index contributed by atoms with van der Waals surface area (Å²) in [6.45, 7) is 4.96. The van der Waals surface area contributed by atoms with Crippen LogP contribution in [0.3, 0.4) is 0 Å². The summed E-state index contributed by atoms with van der Waals surface area (Å²) in [5, 5.41) is 9.19. The van der Waals surface area contributed by atoms with E-state index in [9.17, 15) is 23.1 Å². The first kappa shape index (κ1) is 19.2. The average Bonchev–Trinajstić information content (AvgIpc) is 3.02. The van der Waals surface area contributed by atoms with Crippen molar-refractivity contribution in [2.75, 3.05) is 25.4 Å². The minimum Gasteiger partial charge on any atom is -0.481 e. The third-order valence-corrected chi connectivity index (χ3v) is 7.09. The van der Waals surface area contributed by atoms with Crippen molar-refractivity contribution in [3.63, 3.8) is 0 Å². The highest BCUT2D eigenvalue weighted by molar-refractivity contribution is 7.89. The predicted molar refractivity (Wildman–Crippen MR) is 89.9 cm³/mol. The van der Waals surface area contributed by atoms with Crippen LogP contribution in [-0.4, -0.2) is 66.0 Å². The first-order valence-electron chi connectivity index (χ1n) is 8.79. The van der Waals surface area contributed by atoms with Gasteiger partial charge >= 0.3 is 5.97 Å². The van der Waals surface area contributed by atoms with E-state index in [0.29, 0.717) is 45.3 Å². The van der Waals surface area contributed by atoms with Gasteiger partial charge in [-0.2, -0.15) is 4.31 Å². The zero-order chi connectivity index (χ0) is 17.9. The van der Waals surface area contributed by atoms with E-state index in [-0.39, 0.29) is 17.6 Å². The highest BCUT2D eigenvalue weighted by atomic mass is 32.2. The molecule has 7 nitrogen and oxygen atoms in total. The van der Waals surface area contributed by atoms with E-state index in [4.69, 9.17) is 0 Å². The van der Waals surface area contributed by atoms with Crippen LogP contribution >= 0.6 is 0 Å². The Morgan fingerprint density at radius 3 is 2.50 bits per heavy atom. The van der Waals surface area contributed by atoms with Gasteiger partial charge in [-0.15, -0.1) is 0 Å². The zero-order valence-corrected chi connectivity index (χ0v) is 15.3. The van der Waals surface area contributed by atoms with Crippen molar-refractivity contribution >= 4 is 21.9 Å². The molecule has 3 unspecified atom stereocenters. The third kappa shape index (κ3) is 4.08. The second-order valence-corrected chi connectivity index (χ2v) is 8.97. The maximum Gasteiger partial charge on any atom is 0.306 e. The number of carboxylic acid groups (broad SMARTS) is 1. The van der Waals surface area contributed by atoms with E-state index in [1.165, 1.54) is 4.31 Å². The smallest absolute Gasteiger partial charge is 0.306 e. The number of hydrogen-bond acceptors (Lipinski definition) is 4. The molecular weight excluding hydrogens is 332 g/mol. The summed E-state index contributed by atoms with van der Waals surface area (Å²) in [4.78, 5) is 25.7. The summed E-state index contributed by atoms with van der Waals surface area (Å²) >= 11 is 0. The van der Waals surface area contributed by atoms with Crippen LogP contribution in [0.25, 0.3) is 0 Å². The van der Waals surface area contributed by atoms with Gasteiger partial charge in [0.05, 0.1) is 11.7 Å². The number of hydrogen-bond donors (Lipinski definition) is 1. The summed E-state index contributed by atoms with van der Waals surface area (Å²) in [6, 6.07) is -0.611. The molecule has 0 aliphatic carbocycles. The molecule has 2 aliphatic rings. The number of amides is 1. The molecule has 24 heavy (non-hydrogen) atoms. The van der Waals surface area contributed by atoms with Gasteiger partial charge in [-0.25, -0.2) is 8.42 Å². The van der Waals surface area contributed by atoms with Gasteiger partial charge in [0.15, 0.2) is 0 Å². The normalized spacial score (nSPS) is 28.9. The summed E-state index contributed by atoms with van der Waals surface area (Å²) < 4.78 is 26.3. The number of rotatable bonds is 6. The first-order valence-corrected chi connectivity index (χ1v) is 10.4. The monoisotopic (exact) mass is 360 g/mol. The number of nitrogens with zero attached hydrogens (tertiary/aromatic N) is 2. The topological polar surface area (TPSA) is 95.0 Å². The molecule has 3 atom stereocenters. The van der Waals surface area contributed by atoms with Gasteiger partial charge in [-0.1, -0.05) is 20.3 Å². The number of carbonyl (C=O) groups is 2. The lowest BCUT2D eigenvalue weighted by Gasteiger charge is -2.37. The van der Waals surface area contributed by atoms with Crippen LogP contribution in [0.4, 0.5) is 0 Å². The van der Waals surface area contributed by atoms with Gasteiger partial charge in [-0.05, 0) is 31.6 Å². The molecule has 0 saturated carbocycles. The lowest BCUT2D eigenvalue weighted by Crippen LogP contribution is -2.52. The van der Waals surface area contributed by atoms with E-state index in [0.717, 1.165) is 6.42 Å². The highest BCUT2D eigenvalue weighted by Crippen LogP contribution is 2.28. The number of unbranched alkanes of at least 4 members (excludes halogenated alkanes) is 1. The molecule has 0 spiro atoms. The maximum atomic E-state index is 12.8. The standard InChI is InChI=1S/C16H28N2O5S/c1-3-4-10-24(22,23)18-8-5-6-14(18)15(19)17-9-7-13(16(20)21)12(2)11-17/h12-14H,3-11H2,1-2H3,(H,20,21). The van der Waals surface area contributed by atoms with E-state index in [2.05, 4.69) is 0 Å². The van der Waals surface area contributed by atoms with Crippen LogP contribution in [0.5, 0.6) is 0 Å². The fraction of sp³-hybridized carbons (Fsp3) is 0.875. The van der Waals surface area contributed by atoms with Crippen LogP contribution in [0.15, 0.2) is 0 Å². The number of carboxylic acids is 1. The summed E-state index contributed by atoms with van der Waals surface area (Å²) in [5.74, 6) is -1.44. The number of piperidine rings is 1. The van der Waals surface area contributed by atoms with E-state index in [1.807, 2.05) is 13.8 Å². The van der Waals surface area contributed by atoms with E-state index in [1.54, 1.807) is 4.90 Å².